The van der Waals surface area contributed by atoms with Gasteiger partial charge < -0.3 is 0 Å². The van der Waals surface area contributed by atoms with Crippen LogP contribution in [-0.4, -0.2) is 18.0 Å². The Labute approximate surface area is 140 Å². The van der Waals surface area contributed by atoms with Crippen molar-refractivity contribution in [2.45, 2.75) is 108 Å². The average molecular weight is 366 g/mol. The van der Waals surface area contributed by atoms with E-state index in [1.54, 1.807) is 0 Å². The van der Waals surface area contributed by atoms with Crippen LogP contribution < -0.4 is 0 Å². The van der Waals surface area contributed by atoms with Crippen molar-refractivity contribution in [3.8, 4) is 0 Å². The molecule has 0 aromatic heterocycles. The Bertz CT molecular complexity index is 311. The van der Waals surface area contributed by atoms with Crippen LogP contribution in [0, 0.1) is 0 Å². The quantitative estimate of drug-likeness (QED) is 0.216. The summed E-state index contributed by atoms with van der Waals surface area (Å²) < 4.78 is 87.2. The summed E-state index contributed by atoms with van der Waals surface area (Å²) in [5.74, 6) is -11.0. The lowest BCUT2D eigenvalue weighted by Crippen LogP contribution is -2.51. The van der Waals surface area contributed by atoms with Crippen LogP contribution in [0.15, 0.2) is 0 Å². The second-order valence-electron chi connectivity index (χ2n) is 6.42. The lowest BCUT2D eigenvalue weighted by molar-refractivity contribution is -0.355. The molecule has 0 aliphatic carbocycles. The second-order valence-corrected chi connectivity index (χ2v) is 6.42. The van der Waals surface area contributed by atoms with E-state index < -0.39 is 24.4 Å². The van der Waals surface area contributed by atoms with Crippen LogP contribution in [0.3, 0.4) is 0 Å². The molecule has 0 aromatic rings. The Hall–Kier alpha value is -0.490. The number of unbranched alkanes of at least 4 members (excludes halogenated alkanes) is 11. The lowest BCUT2D eigenvalue weighted by Gasteiger charge is -2.28. The van der Waals surface area contributed by atoms with Gasteiger partial charge in [0.1, 0.15) is 0 Å². The number of rotatable bonds is 14. The molecule has 0 aliphatic heterocycles. The van der Waals surface area contributed by atoms with E-state index in [0.29, 0.717) is 6.42 Å². The number of hydrogen-bond donors (Lipinski definition) is 0. The van der Waals surface area contributed by atoms with Crippen molar-refractivity contribution in [2.24, 2.45) is 0 Å². The zero-order valence-corrected chi connectivity index (χ0v) is 14.3. The topological polar surface area (TPSA) is 0 Å². The third kappa shape index (κ3) is 8.56. The van der Waals surface area contributed by atoms with E-state index in [4.69, 9.17) is 0 Å². The largest absolute Gasteiger partial charge is 0.459 e. The van der Waals surface area contributed by atoms with Crippen molar-refractivity contribution >= 4 is 0 Å². The molecular formula is C17H29F7. The first-order chi connectivity index (χ1) is 11.1. The van der Waals surface area contributed by atoms with Crippen LogP contribution in [0.25, 0.3) is 0 Å². The fraction of sp³-hybridized carbons (Fsp3) is 1.00. The molecule has 0 amide bonds. The monoisotopic (exact) mass is 366 g/mol. The molecule has 0 unspecified atom stereocenters. The molecular weight excluding hydrogens is 337 g/mol. The van der Waals surface area contributed by atoms with Crippen molar-refractivity contribution in [3.63, 3.8) is 0 Å². The minimum Gasteiger partial charge on any atom is -0.200 e. The zero-order chi connectivity index (χ0) is 18.7. The maximum atomic E-state index is 13.0. The maximum Gasteiger partial charge on any atom is 0.459 e. The Kier molecular flexibility index (Phi) is 11.0. The predicted molar refractivity (Wildman–Crippen MR) is 81.6 cm³/mol. The highest BCUT2D eigenvalue weighted by atomic mass is 19.4. The second kappa shape index (κ2) is 11.2. The molecule has 0 radical (unpaired) electrons. The molecule has 24 heavy (non-hydrogen) atoms. The average Bonchev–Trinajstić information content (AvgIpc) is 2.47. The number of hydrogen-bond acceptors (Lipinski definition) is 0. The fourth-order valence-corrected chi connectivity index (χ4v) is 2.55. The highest BCUT2D eigenvalue weighted by molar-refractivity contribution is 4.90. The molecule has 0 atom stereocenters. The Morgan fingerprint density at radius 1 is 0.500 bits per heavy atom. The molecule has 0 fully saturated rings. The van der Waals surface area contributed by atoms with Gasteiger partial charge in [0.05, 0.1) is 0 Å². The summed E-state index contributed by atoms with van der Waals surface area (Å²) in [6.07, 6.45) is 2.88. The molecule has 0 saturated heterocycles. The summed E-state index contributed by atoms with van der Waals surface area (Å²) in [5.41, 5.74) is 0. The summed E-state index contributed by atoms with van der Waals surface area (Å²) in [4.78, 5) is 0. The molecule has 0 spiro atoms. The summed E-state index contributed by atoms with van der Waals surface area (Å²) in [5, 5.41) is 0. The molecule has 0 bridgehead atoms. The standard InChI is InChI=1S/C17H29F7/c1-2-3-4-5-6-7-8-9-10-11-12-13-14-15(18,19)16(20,21)17(22,23)24/h2-14H2,1H3. The molecule has 0 saturated carbocycles. The van der Waals surface area contributed by atoms with Crippen molar-refractivity contribution < 1.29 is 30.7 Å². The third-order valence-electron chi connectivity index (χ3n) is 4.16. The van der Waals surface area contributed by atoms with Gasteiger partial charge in [-0.1, -0.05) is 77.6 Å². The Balaban J connectivity index is 3.66. The summed E-state index contributed by atoms with van der Waals surface area (Å²) in [6.45, 7) is 2.15. The lowest BCUT2D eigenvalue weighted by atomic mass is 10.0. The van der Waals surface area contributed by atoms with Crippen LogP contribution in [-0.2, 0) is 0 Å². The van der Waals surface area contributed by atoms with E-state index in [1.165, 1.54) is 32.1 Å². The molecule has 146 valence electrons. The van der Waals surface area contributed by atoms with Gasteiger partial charge in [0.15, 0.2) is 0 Å². The predicted octanol–water partition coefficient (Wildman–Crippen LogP) is 7.91. The Morgan fingerprint density at radius 2 is 0.833 bits per heavy atom. The van der Waals surface area contributed by atoms with Crippen molar-refractivity contribution in [1.82, 2.24) is 0 Å². The minimum absolute atomic E-state index is 0.250. The van der Waals surface area contributed by atoms with Crippen LogP contribution in [0.5, 0.6) is 0 Å². The zero-order valence-electron chi connectivity index (χ0n) is 14.3. The molecule has 0 heterocycles. The van der Waals surface area contributed by atoms with Gasteiger partial charge in [-0.05, 0) is 6.42 Å². The van der Waals surface area contributed by atoms with E-state index in [9.17, 15) is 30.7 Å². The summed E-state index contributed by atoms with van der Waals surface area (Å²) in [6, 6.07) is 0. The highest BCUT2D eigenvalue weighted by Crippen LogP contribution is 2.48. The third-order valence-corrected chi connectivity index (χ3v) is 4.16. The highest BCUT2D eigenvalue weighted by Gasteiger charge is 2.72. The molecule has 0 aromatic carbocycles. The van der Waals surface area contributed by atoms with E-state index in [1.807, 2.05) is 0 Å². The number of alkyl halides is 7. The minimum atomic E-state index is -6.21. The molecule has 0 N–H and O–H groups in total. The van der Waals surface area contributed by atoms with Gasteiger partial charge in [-0.3, -0.25) is 0 Å². The van der Waals surface area contributed by atoms with Gasteiger partial charge in [-0.2, -0.15) is 30.7 Å². The van der Waals surface area contributed by atoms with Crippen LogP contribution in [0.1, 0.15) is 90.4 Å². The van der Waals surface area contributed by atoms with Crippen molar-refractivity contribution in [3.05, 3.63) is 0 Å². The summed E-state index contributed by atoms with van der Waals surface area (Å²) >= 11 is 0. The van der Waals surface area contributed by atoms with Crippen molar-refractivity contribution in [1.29, 1.82) is 0 Å². The first-order valence-corrected chi connectivity index (χ1v) is 8.88. The van der Waals surface area contributed by atoms with Gasteiger partial charge >= 0.3 is 18.0 Å². The van der Waals surface area contributed by atoms with Crippen molar-refractivity contribution in [2.75, 3.05) is 0 Å². The van der Waals surface area contributed by atoms with Crippen LogP contribution in [0.2, 0.25) is 0 Å². The molecule has 0 rings (SSSR count). The number of halogens is 7. The van der Waals surface area contributed by atoms with Gasteiger partial charge in [-0.15, -0.1) is 0 Å². The first-order valence-electron chi connectivity index (χ1n) is 8.88. The van der Waals surface area contributed by atoms with E-state index in [2.05, 4.69) is 6.92 Å². The molecule has 0 aliphatic rings. The van der Waals surface area contributed by atoms with E-state index in [0.717, 1.165) is 25.7 Å². The molecule has 0 nitrogen and oxygen atoms in total. The van der Waals surface area contributed by atoms with Crippen LogP contribution in [0.4, 0.5) is 30.7 Å². The van der Waals surface area contributed by atoms with E-state index >= 15 is 0 Å². The fourth-order valence-electron chi connectivity index (χ4n) is 2.55. The smallest absolute Gasteiger partial charge is 0.200 e. The first kappa shape index (κ1) is 23.5. The van der Waals surface area contributed by atoms with Gasteiger partial charge in [-0.25, -0.2) is 0 Å². The maximum absolute atomic E-state index is 13.0. The van der Waals surface area contributed by atoms with Gasteiger partial charge in [0.25, 0.3) is 0 Å². The summed E-state index contributed by atoms with van der Waals surface area (Å²) in [7, 11) is 0. The molecule has 7 heteroatoms. The van der Waals surface area contributed by atoms with Gasteiger partial charge in [0, 0.05) is 6.42 Å². The SMILES string of the molecule is CCCCCCCCCCCCCCC(F)(F)C(F)(F)C(F)(F)F. The van der Waals surface area contributed by atoms with Crippen LogP contribution >= 0.6 is 0 Å². The Morgan fingerprint density at radius 3 is 1.17 bits per heavy atom. The van der Waals surface area contributed by atoms with E-state index in [-0.39, 0.29) is 12.8 Å². The normalized spacial score (nSPS) is 13.5. The van der Waals surface area contributed by atoms with Gasteiger partial charge in [0.2, 0.25) is 0 Å².